The van der Waals surface area contributed by atoms with Crippen LogP contribution in [0.1, 0.15) is 5.56 Å². The highest BCUT2D eigenvalue weighted by Gasteiger charge is 2.17. The molecular weight excluding hydrogens is 336 g/mol. The average Bonchev–Trinajstić information content (AvgIpc) is 2.63. The molecule has 1 N–H and O–H groups in total. The average molecular weight is 350 g/mol. The number of aromatic nitrogens is 1. The molecule has 3 rings (SSSR count). The van der Waals surface area contributed by atoms with E-state index in [-0.39, 0.29) is 10.5 Å². The van der Waals surface area contributed by atoms with Crippen LogP contribution in [-0.2, 0) is 10.8 Å². The van der Waals surface area contributed by atoms with Gasteiger partial charge in [0.15, 0.2) is 0 Å². The summed E-state index contributed by atoms with van der Waals surface area (Å²) in [5.41, 5.74) is 0.630. The number of rotatable bonds is 4. The summed E-state index contributed by atoms with van der Waals surface area (Å²) in [5, 5.41) is 9.20. The van der Waals surface area contributed by atoms with Crippen LogP contribution >= 0.6 is 0 Å². The molecule has 0 radical (unpaired) electrons. The first-order chi connectivity index (χ1) is 12.1. The highest BCUT2D eigenvalue weighted by molar-refractivity contribution is 7.84. The molecule has 0 fully saturated rings. The molecule has 0 bridgehead atoms. The summed E-state index contributed by atoms with van der Waals surface area (Å²) in [7, 11) is -1.47. The Hall–Kier alpha value is -3.17. The Morgan fingerprint density at radius 3 is 2.28 bits per heavy atom. The molecule has 0 aliphatic rings. The minimum Gasteiger partial charge on any atom is -0.457 e. The number of aromatic amines is 1. The second-order valence-electron chi connectivity index (χ2n) is 5.24. The van der Waals surface area contributed by atoms with Gasteiger partial charge in [0.05, 0.1) is 15.7 Å². The van der Waals surface area contributed by atoms with Crippen LogP contribution in [0, 0.1) is 11.3 Å². The zero-order valence-corrected chi connectivity index (χ0v) is 14.2. The number of H-pyrrole nitrogens is 1. The minimum atomic E-state index is -1.47. The Balaban J connectivity index is 2.00. The third kappa shape index (κ3) is 3.52. The first-order valence-corrected chi connectivity index (χ1v) is 8.98. The first-order valence-electron chi connectivity index (χ1n) is 7.42. The number of hydrogen-bond acceptors (Lipinski definition) is 4. The molecule has 1 atom stereocenters. The van der Waals surface area contributed by atoms with Crippen LogP contribution in [0.5, 0.6) is 11.5 Å². The van der Waals surface area contributed by atoms with E-state index in [1.807, 2.05) is 36.4 Å². The molecule has 0 spiro atoms. The molecular formula is C19H14N2O3S. The molecule has 3 aromatic rings. The van der Waals surface area contributed by atoms with Crippen LogP contribution in [-0.4, -0.2) is 15.4 Å². The van der Waals surface area contributed by atoms with Gasteiger partial charge in [-0.15, -0.1) is 0 Å². The van der Waals surface area contributed by atoms with Crippen molar-refractivity contribution in [2.45, 2.75) is 4.90 Å². The molecule has 0 saturated carbocycles. The molecule has 1 unspecified atom stereocenters. The first kappa shape index (κ1) is 16.7. The van der Waals surface area contributed by atoms with Crippen LogP contribution in [0.25, 0.3) is 11.1 Å². The van der Waals surface area contributed by atoms with Crippen molar-refractivity contribution >= 4 is 10.8 Å². The maximum atomic E-state index is 12.1. The summed E-state index contributed by atoms with van der Waals surface area (Å²) in [4.78, 5) is 14.5. The maximum Gasteiger partial charge on any atom is 0.267 e. The second-order valence-corrected chi connectivity index (χ2v) is 6.56. The van der Waals surface area contributed by atoms with Crippen molar-refractivity contribution < 1.29 is 8.95 Å². The number of benzene rings is 2. The molecule has 1 aromatic heterocycles. The topological polar surface area (TPSA) is 83.0 Å². The number of pyridine rings is 1. The van der Waals surface area contributed by atoms with Gasteiger partial charge >= 0.3 is 0 Å². The van der Waals surface area contributed by atoms with Gasteiger partial charge in [0.2, 0.25) is 0 Å². The Bertz CT molecular complexity index is 1020. The van der Waals surface area contributed by atoms with Crippen LogP contribution in [0.2, 0.25) is 0 Å². The van der Waals surface area contributed by atoms with E-state index in [1.165, 1.54) is 12.5 Å². The minimum absolute atomic E-state index is 0.122. The monoisotopic (exact) mass is 350 g/mol. The van der Waals surface area contributed by atoms with Crippen molar-refractivity contribution in [1.29, 1.82) is 5.26 Å². The number of nitrogens with one attached hydrogen (secondary N) is 1. The normalized spacial score (nSPS) is 11.5. The summed E-state index contributed by atoms with van der Waals surface area (Å²) in [6.07, 6.45) is 2.93. The maximum absolute atomic E-state index is 12.1. The smallest absolute Gasteiger partial charge is 0.267 e. The second kappa shape index (κ2) is 7.16. The lowest BCUT2D eigenvalue weighted by molar-refractivity contribution is 0.483. The van der Waals surface area contributed by atoms with Gasteiger partial charge in [0.1, 0.15) is 23.1 Å². The number of ether oxygens (including phenoxy) is 1. The highest BCUT2D eigenvalue weighted by atomic mass is 32.2. The molecule has 0 amide bonds. The quantitative estimate of drug-likeness (QED) is 0.781. The predicted molar refractivity (Wildman–Crippen MR) is 96.1 cm³/mol. The third-order valence-electron chi connectivity index (χ3n) is 3.59. The Kier molecular flexibility index (Phi) is 4.78. The van der Waals surface area contributed by atoms with Crippen molar-refractivity contribution in [3.63, 3.8) is 0 Å². The fourth-order valence-electron chi connectivity index (χ4n) is 2.45. The van der Waals surface area contributed by atoms with Gasteiger partial charge in [-0.1, -0.05) is 30.3 Å². The highest BCUT2D eigenvalue weighted by Crippen LogP contribution is 2.29. The number of hydrogen-bond donors (Lipinski definition) is 1. The number of nitriles is 1. The van der Waals surface area contributed by atoms with Gasteiger partial charge in [-0.25, -0.2) is 0 Å². The molecule has 0 aliphatic heterocycles. The Morgan fingerprint density at radius 1 is 1.04 bits per heavy atom. The van der Waals surface area contributed by atoms with E-state index in [1.54, 1.807) is 24.3 Å². The van der Waals surface area contributed by atoms with Crippen molar-refractivity contribution in [2.75, 3.05) is 6.26 Å². The predicted octanol–water partition coefficient (Wildman–Crippen LogP) is 3.44. The molecule has 2 aromatic carbocycles. The fraction of sp³-hybridized carbons (Fsp3) is 0.0526. The summed E-state index contributed by atoms with van der Waals surface area (Å²) >= 11 is 0. The van der Waals surface area contributed by atoms with Crippen molar-refractivity contribution in [2.24, 2.45) is 0 Å². The summed E-state index contributed by atoms with van der Waals surface area (Å²) < 4.78 is 17.8. The fourth-order valence-corrected chi connectivity index (χ4v) is 3.37. The van der Waals surface area contributed by atoms with E-state index in [0.29, 0.717) is 11.3 Å². The van der Waals surface area contributed by atoms with Gasteiger partial charge in [0.25, 0.3) is 5.56 Å². The lowest BCUT2D eigenvalue weighted by Gasteiger charge is -2.10. The summed E-state index contributed by atoms with van der Waals surface area (Å²) in [6, 6.07) is 18.4. The van der Waals surface area contributed by atoms with Gasteiger partial charge in [-0.05, 0) is 29.8 Å². The molecule has 1 heterocycles. The summed E-state index contributed by atoms with van der Waals surface area (Å²) in [6.45, 7) is 0. The van der Waals surface area contributed by atoms with E-state index in [4.69, 9.17) is 4.74 Å². The molecule has 25 heavy (non-hydrogen) atoms. The SMILES string of the molecule is CS(=O)c1c(-c2ccc(Oc3ccccc3)cc2)c[nH]c(=O)c1C#N. The number of nitrogens with zero attached hydrogens (tertiary/aromatic N) is 1. The van der Waals surface area contributed by atoms with Crippen molar-refractivity contribution in [3.8, 4) is 28.7 Å². The van der Waals surface area contributed by atoms with Crippen LogP contribution in [0.3, 0.4) is 0 Å². The van der Waals surface area contributed by atoms with Crippen LogP contribution < -0.4 is 10.3 Å². The van der Waals surface area contributed by atoms with E-state index in [0.717, 1.165) is 11.3 Å². The lowest BCUT2D eigenvalue weighted by atomic mass is 10.1. The van der Waals surface area contributed by atoms with Gasteiger partial charge in [-0.3, -0.25) is 9.00 Å². The molecule has 124 valence electrons. The standard InChI is InChI=1S/C19H14N2O3S/c1-25(23)18-16(11-20)19(22)21-12-17(18)13-7-9-15(10-8-13)24-14-5-3-2-4-6-14/h2-10,12H,1H3,(H,21,22). The van der Waals surface area contributed by atoms with Crippen LogP contribution in [0.15, 0.2) is 70.5 Å². The zero-order chi connectivity index (χ0) is 17.8. The van der Waals surface area contributed by atoms with E-state index in [9.17, 15) is 14.3 Å². The van der Waals surface area contributed by atoms with Gasteiger partial charge in [0, 0.05) is 18.0 Å². The van der Waals surface area contributed by atoms with E-state index in [2.05, 4.69) is 4.98 Å². The molecule has 0 aliphatic carbocycles. The van der Waals surface area contributed by atoms with Gasteiger partial charge in [-0.2, -0.15) is 5.26 Å². The molecule has 5 nitrogen and oxygen atoms in total. The lowest BCUT2D eigenvalue weighted by Crippen LogP contribution is -2.14. The van der Waals surface area contributed by atoms with Crippen molar-refractivity contribution in [3.05, 3.63) is 76.7 Å². The third-order valence-corrected chi connectivity index (χ3v) is 4.59. The largest absolute Gasteiger partial charge is 0.457 e. The zero-order valence-electron chi connectivity index (χ0n) is 13.4. The molecule has 0 saturated heterocycles. The number of para-hydroxylation sites is 1. The molecule has 6 heteroatoms. The van der Waals surface area contributed by atoms with Crippen LogP contribution in [0.4, 0.5) is 0 Å². The van der Waals surface area contributed by atoms with Gasteiger partial charge < -0.3 is 9.72 Å². The Labute approximate surface area is 147 Å². The van der Waals surface area contributed by atoms with Crippen molar-refractivity contribution in [1.82, 2.24) is 4.98 Å². The Morgan fingerprint density at radius 2 is 1.68 bits per heavy atom. The van der Waals surface area contributed by atoms with E-state index >= 15 is 0 Å². The summed E-state index contributed by atoms with van der Waals surface area (Å²) in [5.74, 6) is 1.38. The van der Waals surface area contributed by atoms with E-state index < -0.39 is 16.4 Å².